The number of hydrogen-bond acceptors (Lipinski definition) is 4. The molecule has 0 saturated carbocycles. The first-order valence-electron chi connectivity index (χ1n) is 9.67. The third kappa shape index (κ3) is 3.85. The normalized spacial score (nSPS) is 10.8. The van der Waals surface area contributed by atoms with Crippen LogP contribution >= 0.6 is 0 Å². The van der Waals surface area contributed by atoms with Gasteiger partial charge in [0.1, 0.15) is 11.4 Å². The Labute approximate surface area is 175 Å². The highest BCUT2D eigenvalue weighted by Gasteiger charge is 2.13. The SMILES string of the molecule is COc1ccc(-c2cn3ccc(C)cc3n2)cc1NC(=O)c1cccc(N(C)C)c1. The van der Waals surface area contributed by atoms with Crippen LogP contribution in [0.3, 0.4) is 0 Å². The Hall–Kier alpha value is -3.80. The van der Waals surface area contributed by atoms with E-state index in [1.165, 1.54) is 0 Å². The van der Waals surface area contributed by atoms with Crippen molar-refractivity contribution in [2.75, 3.05) is 31.4 Å². The Morgan fingerprint density at radius 1 is 1.10 bits per heavy atom. The van der Waals surface area contributed by atoms with Crippen LogP contribution < -0.4 is 15.0 Å². The van der Waals surface area contributed by atoms with E-state index in [-0.39, 0.29) is 5.91 Å². The van der Waals surface area contributed by atoms with E-state index in [1.807, 2.05) is 91.2 Å². The number of nitrogens with zero attached hydrogens (tertiary/aromatic N) is 3. The molecule has 1 amide bonds. The van der Waals surface area contributed by atoms with E-state index >= 15 is 0 Å². The number of rotatable bonds is 5. The van der Waals surface area contributed by atoms with Crippen molar-refractivity contribution in [3.63, 3.8) is 0 Å². The minimum Gasteiger partial charge on any atom is -0.495 e. The molecule has 4 rings (SSSR count). The van der Waals surface area contributed by atoms with Crippen LogP contribution in [0.4, 0.5) is 11.4 Å². The van der Waals surface area contributed by atoms with Gasteiger partial charge in [0, 0.05) is 43.3 Å². The highest BCUT2D eigenvalue weighted by Crippen LogP contribution is 2.31. The second-order valence-corrected chi connectivity index (χ2v) is 7.41. The van der Waals surface area contributed by atoms with Crippen molar-refractivity contribution in [1.82, 2.24) is 9.38 Å². The number of methoxy groups -OCH3 is 1. The van der Waals surface area contributed by atoms with Crippen molar-refractivity contribution < 1.29 is 9.53 Å². The first kappa shape index (κ1) is 19.5. The van der Waals surface area contributed by atoms with Gasteiger partial charge in [-0.3, -0.25) is 4.79 Å². The fourth-order valence-corrected chi connectivity index (χ4v) is 3.31. The van der Waals surface area contributed by atoms with Crippen LogP contribution in [0, 0.1) is 6.92 Å². The van der Waals surface area contributed by atoms with Crippen molar-refractivity contribution in [2.45, 2.75) is 6.92 Å². The summed E-state index contributed by atoms with van der Waals surface area (Å²) in [5.74, 6) is 0.398. The number of amides is 1. The molecule has 0 atom stereocenters. The fraction of sp³-hybridized carbons (Fsp3) is 0.167. The molecule has 6 heteroatoms. The number of fused-ring (bicyclic) bond motifs is 1. The second-order valence-electron chi connectivity index (χ2n) is 7.41. The van der Waals surface area contributed by atoms with Crippen LogP contribution in [-0.2, 0) is 0 Å². The molecule has 30 heavy (non-hydrogen) atoms. The molecule has 0 aliphatic rings. The van der Waals surface area contributed by atoms with Crippen LogP contribution in [0.25, 0.3) is 16.9 Å². The van der Waals surface area contributed by atoms with Gasteiger partial charge in [0.05, 0.1) is 18.5 Å². The van der Waals surface area contributed by atoms with E-state index in [0.717, 1.165) is 28.2 Å². The number of nitrogens with one attached hydrogen (secondary N) is 1. The lowest BCUT2D eigenvalue weighted by atomic mass is 10.1. The Morgan fingerprint density at radius 3 is 2.70 bits per heavy atom. The zero-order chi connectivity index (χ0) is 21.3. The first-order chi connectivity index (χ1) is 14.4. The Kier molecular flexibility index (Phi) is 5.14. The van der Waals surface area contributed by atoms with Crippen molar-refractivity contribution in [3.05, 3.63) is 78.1 Å². The largest absolute Gasteiger partial charge is 0.495 e. The summed E-state index contributed by atoms with van der Waals surface area (Å²) in [4.78, 5) is 19.6. The highest BCUT2D eigenvalue weighted by atomic mass is 16.5. The number of carbonyl (C=O) groups is 1. The third-order valence-corrected chi connectivity index (χ3v) is 4.98. The first-order valence-corrected chi connectivity index (χ1v) is 9.67. The molecule has 0 aliphatic carbocycles. The van der Waals surface area contributed by atoms with Gasteiger partial charge in [-0.2, -0.15) is 0 Å². The molecule has 4 aromatic rings. The molecule has 0 spiro atoms. The van der Waals surface area contributed by atoms with Crippen LogP contribution in [0.15, 0.2) is 67.0 Å². The van der Waals surface area contributed by atoms with Crippen molar-refractivity contribution in [3.8, 4) is 17.0 Å². The Morgan fingerprint density at radius 2 is 1.93 bits per heavy atom. The molecule has 0 aliphatic heterocycles. The average molecular weight is 400 g/mol. The number of ether oxygens (including phenoxy) is 1. The zero-order valence-corrected chi connectivity index (χ0v) is 17.5. The lowest BCUT2D eigenvalue weighted by Gasteiger charge is -2.14. The summed E-state index contributed by atoms with van der Waals surface area (Å²) in [7, 11) is 5.48. The van der Waals surface area contributed by atoms with Crippen LogP contribution in [0.2, 0.25) is 0 Å². The fourth-order valence-electron chi connectivity index (χ4n) is 3.31. The number of carbonyl (C=O) groups excluding carboxylic acids is 1. The molecule has 2 heterocycles. The summed E-state index contributed by atoms with van der Waals surface area (Å²) in [5, 5.41) is 2.98. The van der Waals surface area contributed by atoms with E-state index in [9.17, 15) is 4.79 Å². The minimum absolute atomic E-state index is 0.195. The van der Waals surface area contributed by atoms with Crippen molar-refractivity contribution in [1.29, 1.82) is 0 Å². The van der Waals surface area contributed by atoms with Gasteiger partial charge in [0.2, 0.25) is 0 Å². The molecule has 2 aromatic heterocycles. The summed E-state index contributed by atoms with van der Waals surface area (Å²) >= 11 is 0. The van der Waals surface area contributed by atoms with Crippen molar-refractivity contribution >= 4 is 22.9 Å². The maximum absolute atomic E-state index is 12.9. The quantitative estimate of drug-likeness (QED) is 0.530. The number of aryl methyl sites for hydroxylation is 1. The maximum Gasteiger partial charge on any atom is 0.255 e. The average Bonchev–Trinajstić information content (AvgIpc) is 3.17. The molecule has 0 radical (unpaired) electrons. The minimum atomic E-state index is -0.195. The van der Waals surface area contributed by atoms with Gasteiger partial charge in [-0.1, -0.05) is 6.07 Å². The van der Waals surface area contributed by atoms with Crippen LogP contribution in [0.1, 0.15) is 15.9 Å². The number of aromatic nitrogens is 2. The number of benzene rings is 2. The molecule has 0 unspecified atom stereocenters. The van der Waals surface area contributed by atoms with E-state index < -0.39 is 0 Å². The van der Waals surface area contributed by atoms with Crippen molar-refractivity contribution in [2.24, 2.45) is 0 Å². The Bertz CT molecular complexity index is 1230. The zero-order valence-electron chi connectivity index (χ0n) is 17.5. The van der Waals surface area contributed by atoms with Gasteiger partial charge < -0.3 is 19.4 Å². The summed E-state index contributed by atoms with van der Waals surface area (Å²) in [6.07, 6.45) is 3.97. The number of imidazole rings is 1. The number of pyridine rings is 1. The lowest BCUT2D eigenvalue weighted by Crippen LogP contribution is -2.14. The standard InChI is InChI=1S/C24H24N4O2/c1-16-10-11-28-15-21(25-23(28)12-16)17-8-9-22(30-4)20(14-17)26-24(29)18-6-5-7-19(13-18)27(2)3/h5-15H,1-4H3,(H,26,29). The van der Waals surface area contributed by atoms with E-state index in [0.29, 0.717) is 17.0 Å². The lowest BCUT2D eigenvalue weighted by molar-refractivity contribution is 0.102. The Balaban J connectivity index is 1.67. The van der Waals surface area contributed by atoms with Gasteiger partial charge in [0.25, 0.3) is 5.91 Å². The third-order valence-electron chi connectivity index (χ3n) is 4.98. The van der Waals surface area contributed by atoms with E-state index in [1.54, 1.807) is 13.2 Å². The molecular weight excluding hydrogens is 376 g/mol. The smallest absolute Gasteiger partial charge is 0.255 e. The summed E-state index contributed by atoms with van der Waals surface area (Å²) in [5.41, 5.74) is 5.90. The summed E-state index contributed by atoms with van der Waals surface area (Å²) in [6.45, 7) is 2.04. The molecule has 0 saturated heterocycles. The van der Waals surface area contributed by atoms with Gasteiger partial charge in [-0.05, 0) is 61.0 Å². The molecule has 1 N–H and O–H groups in total. The summed E-state index contributed by atoms with van der Waals surface area (Å²) in [6, 6.07) is 17.2. The van der Waals surface area contributed by atoms with Gasteiger partial charge >= 0.3 is 0 Å². The van der Waals surface area contributed by atoms with Crippen LogP contribution in [0.5, 0.6) is 5.75 Å². The summed E-state index contributed by atoms with van der Waals surface area (Å²) < 4.78 is 7.44. The molecule has 0 fully saturated rings. The molecule has 6 nitrogen and oxygen atoms in total. The maximum atomic E-state index is 12.9. The van der Waals surface area contributed by atoms with Gasteiger partial charge in [-0.25, -0.2) is 4.98 Å². The van der Waals surface area contributed by atoms with Crippen LogP contribution in [-0.4, -0.2) is 36.5 Å². The van der Waals surface area contributed by atoms with Gasteiger partial charge in [-0.15, -0.1) is 0 Å². The molecule has 152 valence electrons. The number of anilines is 2. The van der Waals surface area contributed by atoms with E-state index in [4.69, 9.17) is 9.72 Å². The van der Waals surface area contributed by atoms with Gasteiger partial charge in [0.15, 0.2) is 0 Å². The topological polar surface area (TPSA) is 58.9 Å². The molecule has 2 aromatic carbocycles. The highest BCUT2D eigenvalue weighted by molar-refractivity contribution is 6.05. The predicted molar refractivity (Wildman–Crippen MR) is 121 cm³/mol. The second kappa shape index (κ2) is 7.91. The molecule has 0 bridgehead atoms. The molecular formula is C24H24N4O2. The predicted octanol–water partition coefficient (Wildman–Crippen LogP) is 4.64. The number of hydrogen-bond donors (Lipinski definition) is 1. The van der Waals surface area contributed by atoms with E-state index in [2.05, 4.69) is 5.32 Å². The monoisotopic (exact) mass is 400 g/mol.